The first-order valence-corrected chi connectivity index (χ1v) is 18.8. The number of rotatable bonds is 4. The van der Waals surface area contributed by atoms with Crippen molar-refractivity contribution in [2.45, 2.75) is 5.92 Å². The highest BCUT2D eigenvalue weighted by Gasteiger charge is 2.37. The van der Waals surface area contributed by atoms with Crippen molar-refractivity contribution in [3.8, 4) is 33.9 Å². The third kappa shape index (κ3) is 4.26. The van der Waals surface area contributed by atoms with Crippen molar-refractivity contribution in [2.24, 2.45) is 0 Å². The van der Waals surface area contributed by atoms with Crippen LogP contribution >= 0.6 is 0 Å². The highest BCUT2D eigenvalue weighted by molar-refractivity contribution is 6.25. The van der Waals surface area contributed by atoms with E-state index in [9.17, 15) is 0 Å². The van der Waals surface area contributed by atoms with Gasteiger partial charge >= 0.3 is 0 Å². The Morgan fingerprint density at radius 3 is 1.80 bits per heavy atom. The number of nitrogens with zero attached hydrogens (tertiary/aromatic N) is 5. The summed E-state index contributed by atoms with van der Waals surface area (Å²) < 4.78 is 4.78. The molecular formula is C50H31N5. The molecule has 8 aromatic carbocycles. The summed E-state index contributed by atoms with van der Waals surface area (Å²) in [4.78, 5) is 5.53. The SMILES string of the molecule is c1ccc(C2c3ccccc3-c3c2c2c(c4ccccc4n2-c2ccccc2)c2nc(-c4cccc(-n5c6ccccc6c6ccccc65)c4)nnc32)cc1. The number of para-hydroxylation sites is 4. The summed E-state index contributed by atoms with van der Waals surface area (Å²) in [6, 6.07) is 64.9. The molecule has 256 valence electrons. The van der Waals surface area contributed by atoms with Gasteiger partial charge in [-0.25, -0.2) is 4.98 Å². The van der Waals surface area contributed by atoms with Crippen molar-refractivity contribution in [3.05, 3.63) is 199 Å². The molecule has 1 aliphatic rings. The zero-order chi connectivity index (χ0) is 36.0. The summed E-state index contributed by atoms with van der Waals surface area (Å²) >= 11 is 0. The topological polar surface area (TPSA) is 48.5 Å². The first kappa shape index (κ1) is 30.1. The van der Waals surface area contributed by atoms with Crippen molar-refractivity contribution in [3.63, 3.8) is 0 Å². The van der Waals surface area contributed by atoms with Crippen molar-refractivity contribution in [2.75, 3.05) is 0 Å². The van der Waals surface area contributed by atoms with E-state index in [1.165, 1.54) is 33.0 Å². The maximum absolute atomic E-state index is 5.53. The summed E-state index contributed by atoms with van der Waals surface area (Å²) in [5.74, 6) is 0.606. The molecular weight excluding hydrogens is 671 g/mol. The van der Waals surface area contributed by atoms with Crippen LogP contribution in [0.4, 0.5) is 0 Å². The zero-order valence-electron chi connectivity index (χ0n) is 29.6. The zero-order valence-corrected chi connectivity index (χ0v) is 29.6. The third-order valence-electron chi connectivity index (χ3n) is 11.5. The Bertz CT molecular complexity index is 3270. The molecule has 0 saturated carbocycles. The van der Waals surface area contributed by atoms with Crippen molar-refractivity contribution < 1.29 is 0 Å². The van der Waals surface area contributed by atoms with Crippen LogP contribution in [0.2, 0.25) is 0 Å². The first-order chi connectivity index (χ1) is 27.3. The Hall–Kier alpha value is -7.37. The van der Waals surface area contributed by atoms with E-state index in [2.05, 4.69) is 191 Å². The molecule has 0 bridgehead atoms. The van der Waals surface area contributed by atoms with E-state index in [-0.39, 0.29) is 5.92 Å². The van der Waals surface area contributed by atoms with Gasteiger partial charge in [0, 0.05) is 50.0 Å². The molecule has 1 unspecified atom stereocenters. The van der Waals surface area contributed by atoms with E-state index in [0.29, 0.717) is 5.82 Å². The molecule has 1 aliphatic carbocycles. The second-order valence-corrected chi connectivity index (χ2v) is 14.4. The molecule has 3 aromatic heterocycles. The summed E-state index contributed by atoms with van der Waals surface area (Å²) in [6.07, 6.45) is 0. The van der Waals surface area contributed by atoms with Gasteiger partial charge in [-0.2, -0.15) is 0 Å². The van der Waals surface area contributed by atoms with Gasteiger partial charge in [0.25, 0.3) is 0 Å². The predicted octanol–water partition coefficient (Wildman–Crippen LogP) is 12.0. The second kappa shape index (κ2) is 11.6. The lowest BCUT2D eigenvalue weighted by Gasteiger charge is -2.18. The molecule has 0 radical (unpaired) electrons. The fourth-order valence-corrected chi connectivity index (χ4v) is 9.28. The highest BCUT2D eigenvalue weighted by Crippen LogP contribution is 2.55. The van der Waals surface area contributed by atoms with Gasteiger partial charge in [-0.05, 0) is 64.7 Å². The minimum Gasteiger partial charge on any atom is -0.309 e. The fraction of sp³-hybridized carbons (Fsp3) is 0.0200. The van der Waals surface area contributed by atoms with Gasteiger partial charge in [-0.1, -0.05) is 140 Å². The van der Waals surface area contributed by atoms with Crippen LogP contribution in [-0.4, -0.2) is 24.3 Å². The van der Waals surface area contributed by atoms with Crippen LogP contribution in [0.25, 0.3) is 88.5 Å². The number of aromatic nitrogens is 5. The first-order valence-electron chi connectivity index (χ1n) is 18.8. The maximum Gasteiger partial charge on any atom is 0.182 e. The lowest BCUT2D eigenvalue weighted by molar-refractivity contribution is 1.01. The molecule has 5 nitrogen and oxygen atoms in total. The molecule has 0 saturated heterocycles. The molecule has 1 atom stereocenters. The van der Waals surface area contributed by atoms with E-state index in [1.807, 2.05) is 0 Å². The Kier molecular flexibility index (Phi) is 6.33. The van der Waals surface area contributed by atoms with Gasteiger partial charge in [0.15, 0.2) is 5.82 Å². The Balaban J connectivity index is 1.19. The molecule has 12 rings (SSSR count). The van der Waals surface area contributed by atoms with Gasteiger partial charge in [0.05, 0.1) is 22.1 Å². The lowest BCUT2D eigenvalue weighted by atomic mass is 9.88. The largest absolute Gasteiger partial charge is 0.309 e. The average Bonchev–Trinajstić information content (AvgIpc) is 3.91. The van der Waals surface area contributed by atoms with Crippen LogP contribution in [-0.2, 0) is 0 Å². The number of benzene rings is 8. The number of fused-ring (bicyclic) bond motifs is 13. The average molecular weight is 702 g/mol. The van der Waals surface area contributed by atoms with Gasteiger partial charge in [-0.15, -0.1) is 10.2 Å². The molecule has 5 heteroatoms. The lowest BCUT2D eigenvalue weighted by Crippen LogP contribution is -2.05. The smallest absolute Gasteiger partial charge is 0.182 e. The molecule has 0 N–H and O–H groups in total. The number of hydrogen-bond acceptors (Lipinski definition) is 3. The Morgan fingerprint density at radius 1 is 0.455 bits per heavy atom. The molecule has 0 amide bonds. The normalized spacial score (nSPS) is 13.6. The van der Waals surface area contributed by atoms with E-state index in [0.717, 1.165) is 66.4 Å². The van der Waals surface area contributed by atoms with Crippen LogP contribution in [0.1, 0.15) is 22.6 Å². The summed E-state index contributed by atoms with van der Waals surface area (Å²) in [5.41, 5.74) is 15.4. The predicted molar refractivity (Wildman–Crippen MR) is 224 cm³/mol. The minimum absolute atomic E-state index is 0.00968. The molecule has 0 spiro atoms. The Morgan fingerprint density at radius 2 is 1.05 bits per heavy atom. The van der Waals surface area contributed by atoms with E-state index < -0.39 is 0 Å². The van der Waals surface area contributed by atoms with Crippen molar-refractivity contribution in [1.29, 1.82) is 0 Å². The van der Waals surface area contributed by atoms with Crippen molar-refractivity contribution >= 4 is 54.6 Å². The van der Waals surface area contributed by atoms with Gasteiger partial charge in [-0.3, -0.25) is 0 Å². The quantitative estimate of drug-likeness (QED) is 0.184. The highest BCUT2D eigenvalue weighted by atomic mass is 15.2. The van der Waals surface area contributed by atoms with Crippen LogP contribution < -0.4 is 0 Å². The molecule has 0 fully saturated rings. The van der Waals surface area contributed by atoms with Crippen LogP contribution in [0.3, 0.4) is 0 Å². The summed E-state index contributed by atoms with van der Waals surface area (Å²) in [7, 11) is 0. The summed E-state index contributed by atoms with van der Waals surface area (Å²) in [5, 5.41) is 14.8. The fourth-order valence-electron chi connectivity index (χ4n) is 9.28. The van der Waals surface area contributed by atoms with Crippen LogP contribution in [0, 0.1) is 0 Å². The monoisotopic (exact) mass is 701 g/mol. The maximum atomic E-state index is 5.53. The van der Waals surface area contributed by atoms with E-state index in [4.69, 9.17) is 15.2 Å². The molecule has 0 aliphatic heterocycles. The van der Waals surface area contributed by atoms with Gasteiger partial charge < -0.3 is 9.13 Å². The van der Waals surface area contributed by atoms with Gasteiger partial charge in [0.2, 0.25) is 0 Å². The second-order valence-electron chi connectivity index (χ2n) is 14.4. The van der Waals surface area contributed by atoms with Crippen molar-refractivity contribution in [1.82, 2.24) is 24.3 Å². The molecule has 3 heterocycles. The van der Waals surface area contributed by atoms with Crippen LogP contribution in [0.15, 0.2) is 182 Å². The third-order valence-corrected chi connectivity index (χ3v) is 11.5. The van der Waals surface area contributed by atoms with Gasteiger partial charge in [0.1, 0.15) is 11.0 Å². The number of hydrogen-bond donors (Lipinski definition) is 0. The molecule has 55 heavy (non-hydrogen) atoms. The molecule has 11 aromatic rings. The standard InChI is InChI=1S/C50H31N5/c1-3-16-31(17-4-1)43-37-24-7-8-25-38(37)44-46(43)49-45(39-26-11-14-29-42(39)55(49)33-19-5-2-6-20-33)47-48(44)52-53-50(51-47)32-18-15-21-34(30-32)54-40-27-12-9-22-35(40)36-23-10-13-28-41(36)54/h1-30,43H. The van der Waals surface area contributed by atoms with E-state index in [1.54, 1.807) is 0 Å². The Labute approximate surface area is 316 Å². The van der Waals surface area contributed by atoms with Crippen LogP contribution in [0.5, 0.6) is 0 Å². The summed E-state index contributed by atoms with van der Waals surface area (Å²) in [6.45, 7) is 0. The van der Waals surface area contributed by atoms with E-state index >= 15 is 0 Å². The minimum atomic E-state index is 0.00968.